The number of nitrogens with one attached hydrogen (secondary N) is 1. The highest BCUT2D eigenvalue weighted by atomic mass is 16.5. The Morgan fingerprint density at radius 3 is 2.65 bits per heavy atom. The van der Waals surface area contributed by atoms with Gasteiger partial charge in [-0.05, 0) is 18.4 Å². The van der Waals surface area contributed by atoms with Gasteiger partial charge in [0.25, 0.3) is 5.56 Å². The summed E-state index contributed by atoms with van der Waals surface area (Å²) in [5, 5.41) is 10.4. The quantitative estimate of drug-likeness (QED) is 0.888. The molecule has 1 fully saturated rings. The molecule has 1 heterocycles. The van der Waals surface area contributed by atoms with Crippen molar-refractivity contribution in [3.63, 3.8) is 0 Å². The smallest absolute Gasteiger partial charge is 0.328 e. The van der Waals surface area contributed by atoms with Crippen LogP contribution in [0.4, 0.5) is 0 Å². The third-order valence-electron chi connectivity index (χ3n) is 4.27. The SMILES string of the molecule is O=c1ccn([C@H]2CC[C@H](OCc3ccccc3)C[C@H]2O)c(=O)[nH]1. The minimum absolute atomic E-state index is 0.0279. The van der Waals surface area contributed by atoms with E-state index in [4.69, 9.17) is 4.74 Å². The number of aliphatic hydroxyl groups is 1. The van der Waals surface area contributed by atoms with Gasteiger partial charge in [0.2, 0.25) is 0 Å². The number of benzene rings is 1. The van der Waals surface area contributed by atoms with Gasteiger partial charge >= 0.3 is 5.69 Å². The first-order chi connectivity index (χ1) is 11.1. The molecule has 6 heteroatoms. The third kappa shape index (κ3) is 3.78. The van der Waals surface area contributed by atoms with Crippen LogP contribution in [0, 0.1) is 0 Å². The molecule has 23 heavy (non-hydrogen) atoms. The van der Waals surface area contributed by atoms with E-state index in [0.717, 1.165) is 12.0 Å². The van der Waals surface area contributed by atoms with Gasteiger partial charge in [-0.2, -0.15) is 0 Å². The fourth-order valence-electron chi connectivity index (χ4n) is 3.05. The minimum atomic E-state index is -0.673. The molecule has 6 nitrogen and oxygen atoms in total. The van der Waals surface area contributed by atoms with Gasteiger partial charge in [0.05, 0.1) is 24.9 Å². The van der Waals surface area contributed by atoms with Crippen molar-refractivity contribution in [1.29, 1.82) is 0 Å². The molecule has 1 aliphatic rings. The molecule has 3 atom stereocenters. The van der Waals surface area contributed by atoms with E-state index in [1.54, 1.807) is 0 Å². The van der Waals surface area contributed by atoms with E-state index in [1.807, 2.05) is 30.3 Å². The van der Waals surface area contributed by atoms with Gasteiger partial charge in [0.15, 0.2) is 0 Å². The molecule has 2 aromatic rings. The summed E-state index contributed by atoms with van der Waals surface area (Å²) in [6, 6.07) is 10.9. The Bertz CT molecular complexity index is 753. The van der Waals surface area contributed by atoms with Gasteiger partial charge in [-0.3, -0.25) is 14.3 Å². The van der Waals surface area contributed by atoms with E-state index in [-0.39, 0.29) is 12.1 Å². The van der Waals surface area contributed by atoms with Crippen LogP contribution in [0.15, 0.2) is 52.2 Å². The summed E-state index contributed by atoms with van der Waals surface area (Å²) < 4.78 is 7.27. The molecule has 0 unspecified atom stereocenters. The zero-order valence-corrected chi connectivity index (χ0v) is 12.7. The zero-order valence-electron chi connectivity index (χ0n) is 12.7. The predicted octanol–water partition coefficient (Wildman–Crippen LogP) is 1.21. The molecule has 0 aliphatic heterocycles. The summed E-state index contributed by atoms with van der Waals surface area (Å²) in [4.78, 5) is 25.2. The number of hydrogen-bond acceptors (Lipinski definition) is 4. The Labute approximate surface area is 133 Å². The van der Waals surface area contributed by atoms with Crippen LogP contribution in [0.5, 0.6) is 0 Å². The summed E-state index contributed by atoms with van der Waals surface area (Å²) in [7, 11) is 0. The zero-order chi connectivity index (χ0) is 16.2. The molecule has 3 rings (SSSR count). The van der Waals surface area contributed by atoms with Crippen molar-refractivity contribution in [2.24, 2.45) is 0 Å². The average molecular weight is 316 g/mol. The van der Waals surface area contributed by atoms with E-state index in [2.05, 4.69) is 4.98 Å². The Balaban J connectivity index is 1.61. The summed E-state index contributed by atoms with van der Waals surface area (Å²) in [5.41, 5.74) is 0.187. The van der Waals surface area contributed by atoms with Crippen LogP contribution in [0.25, 0.3) is 0 Å². The molecular formula is C17H20N2O4. The fourth-order valence-corrected chi connectivity index (χ4v) is 3.05. The van der Waals surface area contributed by atoms with Gasteiger partial charge in [-0.25, -0.2) is 4.79 Å². The van der Waals surface area contributed by atoms with Crippen molar-refractivity contribution >= 4 is 0 Å². The normalized spacial score (nSPS) is 24.5. The lowest BCUT2D eigenvalue weighted by atomic mass is 9.90. The van der Waals surface area contributed by atoms with E-state index in [1.165, 1.54) is 16.8 Å². The Hall–Kier alpha value is -2.18. The molecule has 122 valence electrons. The summed E-state index contributed by atoms with van der Waals surface area (Å²) in [6.45, 7) is 0.515. The van der Waals surface area contributed by atoms with Gasteiger partial charge in [0, 0.05) is 18.7 Å². The van der Waals surface area contributed by atoms with Crippen LogP contribution in [0.3, 0.4) is 0 Å². The highest BCUT2D eigenvalue weighted by Gasteiger charge is 2.31. The number of hydrogen-bond donors (Lipinski definition) is 2. The topological polar surface area (TPSA) is 84.3 Å². The predicted molar refractivity (Wildman–Crippen MR) is 85.2 cm³/mol. The number of aliphatic hydroxyl groups excluding tert-OH is 1. The molecule has 0 saturated heterocycles. The van der Waals surface area contributed by atoms with Crippen LogP contribution in [0.2, 0.25) is 0 Å². The van der Waals surface area contributed by atoms with E-state index < -0.39 is 17.4 Å². The second-order valence-corrected chi connectivity index (χ2v) is 5.88. The van der Waals surface area contributed by atoms with Crippen molar-refractivity contribution in [1.82, 2.24) is 9.55 Å². The van der Waals surface area contributed by atoms with Gasteiger partial charge in [0.1, 0.15) is 0 Å². The number of ether oxygens (including phenoxy) is 1. The summed E-state index contributed by atoms with van der Waals surface area (Å²) >= 11 is 0. The highest BCUT2D eigenvalue weighted by molar-refractivity contribution is 5.13. The van der Waals surface area contributed by atoms with Crippen LogP contribution < -0.4 is 11.2 Å². The molecule has 1 aromatic heterocycles. The Morgan fingerprint density at radius 2 is 1.96 bits per heavy atom. The van der Waals surface area contributed by atoms with Crippen molar-refractivity contribution in [3.05, 3.63) is 69.0 Å². The second-order valence-electron chi connectivity index (χ2n) is 5.88. The van der Waals surface area contributed by atoms with Crippen molar-refractivity contribution < 1.29 is 9.84 Å². The largest absolute Gasteiger partial charge is 0.391 e. The van der Waals surface area contributed by atoms with Crippen LogP contribution in [-0.4, -0.2) is 26.9 Å². The molecule has 2 N–H and O–H groups in total. The molecule has 0 bridgehead atoms. The van der Waals surface area contributed by atoms with Crippen molar-refractivity contribution in [3.8, 4) is 0 Å². The van der Waals surface area contributed by atoms with Gasteiger partial charge in [-0.1, -0.05) is 30.3 Å². The first-order valence-electron chi connectivity index (χ1n) is 7.78. The van der Waals surface area contributed by atoms with Gasteiger partial charge in [-0.15, -0.1) is 0 Å². The average Bonchev–Trinajstić information content (AvgIpc) is 2.55. The molecule has 1 saturated carbocycles. The number of rotatable bonds is 4. The number of nitrogens with zero attached hydrogens (tertiary/aromatic N) is 1. The maximum Gasteiger partial charge on any atom is 0.328 e. The van der Waals surface area contributed by atoms with Crippen LogP contribution in [-0.2, 0) is 11.3 Å². The summed E-state index contributed by atoms with van der Waals surface area (Å²) in [5.74, 6) is 0. The van der Waals surface area contributed by atoms with Crippen LogP contribution in [0.1, 0.15) is 30.9 Å². The molecule has 1 aromatic carbocycles. The number of aromatic amines is 1. The van der Waals surface area contributed by atoms with Crippen molar-refractivity contribution in [2.45, 2.75) is 44.1 Å². The summed E-state index contributed by atoms with van der Waals surface area (Å²) in [6.07, 6.45) is 2.61. The first kappa shape index (κ1) is 15.7. The molecule has 1 aliphatic carbocycles. The fraction of sp³-hybridized carbons (Fsp3) is 0.412. The van der Waals surface area contributed by atoms with Crippen LogP contribution >= 0.6 is 0 Å². The molecular weight excluding hydrogens is 296 g/mol. The Morgan fingerprint density at radius 1 is 1.17 bits per heavy atom. The maximum atomic E-state index is 11.8. The maximum absolute atomic E-state index is 11.8. The van der Waals surface area contributed by atoms with E-state index in [9.17, 15) is 14.7 Å². The van der Waals surface area contributed by atoms with Crippen molar-refractivity contribution in [2.75, 3.05) is 0 Å². The van der Waals surface area contributed by atoms with E-state index >= 15 is 0 Å². The lowest BCUT2D eigenvalue weighted by Gasteiger charge is -2.33. The standard InChI is InChI=1S/C17H20N2O4/c20-15-10-13(23-11-12-4-2-1-3-5-12)6-7-14(15)19-9-8-16(21)18-17(19)22/h1-5,8-9,13-15,20H,6-7,10-11H2,(H,18,21,22)/t13-,14-,15+/m0/s1. The molecule has 0 amide bonds. The first-order valence-corrected chi connectivity index (χ1v) is 7.78. The van der Waals surface area contributed by atoms with E-state index in [0.29, 0.717) is 19.4 Å². The second kappa shape index (κ2) is 6.93. The van der Waals surface area contributed by atoms with Gasteiger partial charge < -0.3 is 9.84 Å². The molecule has 0 radical (unpaired) electrons. The lowest BCUT2D eigenvalue weighted by molar-refractivity contribution is -0.0432. The highest BCUT2D eigenvalue weighted by Crippen LogP contribution is 2.29. The molecule has 0 spiro atoms. The third-order valence-corrected chi connectivity index (χ3v) is 4.27. The number of H-pyrrole nitrogens is 1. The number of aromatic nitrogens is 2. The Kier molecular flexibility index (Phi) is 4.73. The monoisotopic (exact) mass is 316 g/mol. The minimum Gasteiger partial charge on any atom is -0.391 e. The lowest BCUT2D eigenvalue weighted by Crippen LogP contribution is -2.41.